The molecule has 2 saturated heterocycles. The van der Waals surface area contributed by atoms with Gasteiger partial charge in [-0.1, -0.05) is 36.7 Å². The first-order chi connectivity index (χ1) is 22.8. The number of rotatable bonds is 6. The van der Waals surface area contributed by atoms with Gasteiger partial charge in [0, 0.05) is 17.0 Å². The van der Waals surface area contributed by atoms with Crippen molar-refractivity contribution in [1.29, 1.82) is 0 Å². The van der Waals surface area contributed by atoms with Crippen LogP contribution in [0.2, 0.25) is 0 Å². The van der Waals surface area contributed by atoms with E-state index in [1.165, 1.54) is 7.11 Å². The molecule has 3 aliphatic heterocycles. The second-order valence-corrected chi connectivity index (χ2v) is 15.3. The van der Waals surface area contributed by atoms with Crippen LogP contribution in [0.3, 0.4) is 0 Å². The van der Waals surface area contributed by atoms with Crippen molar-refractivity contribution in [3.63, 3.8) is 0 Å². The summed E-state index contributed by atoms with van der Waals surface area (Å²) in [4.78, 5) is 36.9. The number of H-pyrrole nitrogens is 1. The zero-order valence-electron chi connectivity index (χ0n) is 28.4. The number of methoxy groups -OCH3 is 1. The van der Waals surface area contributed by atoms with Gasteiger partial charge in [0.15, 0.2) is 0 Å². The summed E-state index contributed by atoms with van der Waals surface area (Å²) in [7, 11) is 1.72. The van der Waals surface area contributed by atoms with Crippen LogP contribution < -0.4 is 15.5 Å². The molecule has 3 fully saturated rings. The number of nitrogens with zero attached hydrogens (tertiary/aromatic N) is 2. The molecule has 1 aliphatic carbocycles. The summed E-state index contributed by atoms with van der Waals surface area (Å²) >= 11 is 0. The van der Waals surface area contributed by atoms with E-state index in [2.05, 4.69) is 53.6 Å². The number of piperidine rings is 1. The number of nitrogens with one attached hydrogen (secondary N) is 2. The van der Waals surface area contributed by atoms with Crippen LogP contribution in [-0.4, -0.2) is 69.9 Å². The minimum Gasteiger partial charge on any atom is -0.488 e. The van der Waals surface area contributed by atoms with Crippen molar-refractivity contribution < 1.29 is 28.8 Å². The fraction of sp³-hybridized carbons (Fsp3) is 0.486. The van der Waals surface area contributed by atoms with E-state index in [0.717, 1.165) is 74.8 Å². The number of alkyl carbamates (subject to hydrolysis) is 1. The standard InChI is InChI=1S/C37H43BN4O6/c1-18-23-10-7-20-15-28(42(32(20)23)34(43)30(18)41-35(44)46-6)33-39-27-12-8-19-14-26-24-11-9-22(38-48-37(4,5)36(2,3)45)13-21(24)17-47-29(26)16-25(19)31(27)40-33/h8-9,11-14,16,18,20,23,28,30,32,38,45H,7,10,15,17H2,1-6H3,(H,39,40)(H,41,44)/t18?,20-,23?,28?,30-,32+/m0/s1. The Morgan fingerprint density at radius 2 is 1.94 bits per heavy atom. The summed E-state index contributed by atoms with van der Waals surface area (Å²) in [6.45, 7) is 9.85. The molecule has 3 aromatic carbocycles. The highest BCUT2D eigenvalue weighted by Gasteiger charge is 2.59. The first kappa shape index (κ1) is 31.2. The van der Waals surface area contributed by atoms with Crippen LogP contribution >= 0.6 is 0 Å². The van der Waals surface area contributed by atoms with Crippen LogP contribution in [0, 0.1) is 17.8 Å². The number of fused-ring (bicyclic) bond motifs is 6. The molecule has 0 spiro atoms. The normalized spacial score (nSPS) is 26.2. The molecule has 4 aliphatic rings. The van der Waals surface area contributed by atoms with Crippen molar-refractivity contribution in [3.8, 4) is 16.9 Å². The van der Waals surface area contributed by atoms with Gasteiger partial charge < -0.3 is 34.4 Å². The highest BCUT2D eigenvalue weighted by atomic mass is 16.5. The number of hydrogen-bond donors (Lipinski definition) is 3. The largest absolute Gasteiger partial charge is 0.488 e. The van der Waals surface area contributed by atoms with E-state index < -0.39 is 23.3 Å². The lowest BCUT2D eigenvalue weighted by molar-refractivity contribution is -0.145. The van der Waals surface area contributed by atoms with E-state index >= 15 is 0 Å². The van der Waals surface area contributed by atoms with E-state index in [-0.39, 0.29) is 23.9 Å². The van der Waals surface area contributed by atoms with Crippen molar-refractivity contribution in [2.75, 3.05) is 7.11 Å². The molecular formula is C37H43BN4O6. The average molecular weight is 651 g/mol. The summed E-state index contributed by atoms with van der Waals surface area (Å²) in [5.41, 5.74) is 4.41. The number of aliphatic hydroxyl groups is 1. The lowest BCUT2D eigenvalue weighted by Gasteiger charge is -2.45. The molecule has 250 valence electrons. The summed E-state index contributed by atoms with van der Waals surface area (Å²) in [5.74, 6) is 2.36. The molecular weight excluding hydrogens is 607 g/mol. The van der Waals surface area contributed by atoms with Gasteiger partial charge in [-0.05, 0) is 99.4 Å². The molecule has 1 aromatic heterocycles. The second kappa shape index (κ2) is 11.0. The molecule has 4 aromatic rings. The Labute approximate surface area is 280 Å². The fourth-order valence-electron chi connectivity index (χ4n) is 8.58. The van der Waals surface area contributed by atoms with Gasteiger partial charge in [0.1, 0.15) is 24.2 Å². The minimum absolute atomic E-state index is 0.0447. The lowest BCUT2D eigenvalue weighted by Crippen LogP contribution is -2.61. The van der Waals surface area contributed by atoms with Crippen molar-refractivity contribution in [3.05, 3.63) is 53.9 Å². The maximum Gasteiger partial charge on any atom is 0.407 e. The van der Waals surface area contributed by atoms with Crippen LogP contribution in [0.1, 0.15) is 71.3 Å². The first-order valence-electron chi connectivity index (χ1n) is 17.1. The predicted molar refractivity (Wildman–Crippen MR) is 184 cm³/mol. The third kappa shape index (κ3) is 4.80. The van der Waals surface area contributed by atoms with Crippen molar-refractivity contribution in [2.24, 2.45) is 17.8 Å². The van der Waals surface area contributed by atoms with Crippen LogP contribution in [-0.2, 0) is 20.8 Å². The molecule has 10 nitrogen and oxygen atoms in total. The Morgan fingerprint density at radius 3 is 2.71 bits per heavy atom. The van der Waals surface area contributed by atoms with Crippen LogP contribution in [0.4, 0.5) is 4.79 Å². The van der Waals surface area contributed by atoms with Gasteiger partial charge in [0.25, 0.3) is 0 Å². The number of ether oxygens (including phenoxy) is 2. The second-order valence-electron chi connectivity index (χ2n) is 15.3. The van der Waals surface area contributed by atoms with Gasteiger partial charge in [-0.15, -0.1) is 0 Å². The van der Waals surface area contributed by atoms with Crippen molar-refractivity contribution in [2.45, 2.75) is 89.8 Å². The zero-order chi connectivity index (χ0) is 33.7. The average Bonchev–Trinajstić information content (AvgIpc) is 3.77. The maximum atomic E-state index is 14.0. The van der Waals surface area contributed by atoms with Gasteiger partial charge in [-0.3, -0.25) is 4.79 Å². The van der Waals surface area contributed by atoms with Gasteiger partial charge >= 0.3 is 13.6 Å². The van der Waals surface area contributed by atoms with Crippen molar-refractivity contribution in [1.82, 2.24) is 20.2 Å². The molecule has 8 rings (SSSR count). The Balaban J connectivity index is 1.10. The molecule has 2 amide bonds. The maximum absolute atomic E-state index is 14.0. The highest BCUT2D eigenvalue weighted by Crippen LogP contribution is 2.55. The quantitative estimate of drug-likeness (QED) is 0.255. The van der Waals surface area contributed by atoms with E-state index in [9.17, 15) is 14.7 Å². The third-order valence-electron chi connectivity index (χ3n) is 12.0. The summed E-state index contributed by atoms with van der Waals surface area (Å²) in [5, 5.41) is 15.4. The summed E-state index contributed by atoms with van der Waals surface area (Å²) in [6, 6.07) is 14.1. The van der Waals surface area contributed by atoms with Crippen LogP contribution in [0.15, 0.2) is 42.5 Å². The number of amides is 2. The van der Waals surface area contributed by atoms with Gasteiger partial charge in [-0.25, -0.2) is 9.78 Å². The van der Waals surface area contributed by atoms with Gasteiger partial charge in [-0.2, -0.15) is 0 Å². The molecule has 11 heteroatoms. The summed E-state index contributed by atoms with van der Waals surface area (Å²) < 4.78 is 17.3. The molecule has 3 N–H and O–H groups in total. The predicted octanol–water partition coefficient (Wildman–Crippen LogP) is 4.86. The third-order valence-corrected chi connectivity index (χ3v) is 12.0. The number of carbonyl (C=O) groups is 2. The smallest absolute Gasteiger partial charge is 0.407 e. The van der Waals surface area contributed by atoms with E-state index in [1.807, 2.05) is 24.8 Å². The molecule has 3 unspecified atom stereocenters. The molecule has 0 radical (unpaired) electrons. The van der Waals surface area contributed by atoms with Crippen molar-refractivity contribution >= 4 is 46.8 Å². The minimum atomic E-state index is -0.972. The number of benzene rings is 3. The first-order valence-corrected chi connectivity index (χ1v) is 17.1. The number of aromatic amines is 1. The molecule has 4 heterocycles. The fourth-order valence-corrected chi connectivity index (χ4v) is 8.58. The van der Waals surface area contributed by atoms with Crippen LogP contribution in [0.25, 0.3) is 32.9 Å². The van der Waals surface area contributed by atoms with Crippen LogP contribution in [0.5, 0.6) is 5.75 Å². The Hall–Kier alpha value is -4.09. The zero-order valence-corrected chi connectivity index (χ0v) is 28.4. The van der Waals surface area contributed by atoms with Gasteiger partial charge in [0.2, 0.25) is 5.91 Å². The topological polar surface area (TPSA) is 126 Å². The Bertz CT molecular complexity index is 1970. The Morgan fingerprint density at radius 1 is 1.12 bits per heavy atom. The number of imidazole rings is 1. The SMILES string of the molecule is COC(=O)N[C@@H]1C(=O)N2C(c3nc4ccc5cc6c(cc5c4[nH]3)OCc3cc(BOC(C)(C)C(C)(C)O)ccc3-6)C[C@@H]3CCC(C1C)[C@@H]32. The molecule has 0 bridgehead atoms. The molecule has 1 saturated carbocycles. The molecule has 48 heavy (non-hydrogen) atoms. The number of carbonyl (C=O) groups excluding carboxylic acids is 2. The lowest BCUT2D eigenvalue weighted by atomic mass is 9.78. The monoisotopic (exact) mass is 650 g/mol. The van der Waals surface area contributed by atoms with E-state index in [4.69, 9.17) is 19.1 Å². The number of hydrogen-bond acceptors (Lipinski definition) is 7. The van der Waals surface area contributed by atoms with E-state index in [0.29, 0.717) is 25.9 Å². The molecule has 6 atom stereocenters. The number of aromatic nitrogens is 2. The van der Waals surface area contributed by atoms with E-state index in [1.54, 1.807) is 13.8 Å². The summed E-state index contributed by atoms with van der Waals surface area (Å²) in [6.07, 6.45) is 2.42. The highest BCUT2D eigenvalue weighted by molar-refractivity contribution is 6.47. The van der Waals surface area contributed by atoms with Gasteiger partial charge in [0.05, 0.1) is 35.4 Å². The Kier molecular flexibility index (Phi) is 7.13.